The Kier molecular flexibility index (Phi) is 1.98. The summed E-state index contributed by atoms with van der Waals surface area (Å²) in [7, 11) is 0. The van der Waals surface area contributed by atoms with Gasteiger partial charge in [0, 0.05) is 17.8 Å². The summed E-state index contributed by atoms with van der Waals surface area (Å²) in [5.41, 5.74) is 1.44. The summed E-state index contributed by atoms with van der Waals surface area (Å²) in [6, 6.07) is 0. The maximum Gasteiger partial charge on any atom is 0.140 e. The molecule has 17 heavy (non-hydrogen) atoms. The molecule has 0 aromatic carbocycles. The van der Waals surface area contributed by atoms with Crippen LogP contribution in [-0.2, 0) is 4.79 Å². The van der Waals surface area contributed by atoms with Gasteiger partial charge in [-0.05, 0) is 50.4 Å². The Morgan fingerprint density at radius 1 is 1.12 bits per heavy atom. The van der Waals surface area contributed by atoms with Crippen LogP contribution >= 0.6 is 0 Å². The quantitative estimate of drug-likeness (QED) is 0.581. The van der Waals surface area contributed by atoms with Gasteiger partial charge in [0.05, 0.1) is 0 Å². The zero-order chi connectivity index (χ0) is 11.6. The zero-order valence-electron chi connectivity index (χ0n) is 10.4. The number of carbonyl (C=O) groups is 1. The molecule has 0 aromatic heterocycles. The molecule has 0 aliphatic heterocycles. The Bertz CT molecular complexity index is 431. The van der Waals surface area contributed by atoms with Crippen molar-refractivity contribution in [2.75, 3.05) is 0 Å². The molecule has 1 nitrogen and oxygen atoms in total. The van der Waals surface area contributed by atoms with Crippen LogP contribution in [0.15, 0.2) is 23.8 Å². The van der Waals surface area contributed by atoms with E-state index in [2.05, 4.69) is 25.2 Å². The van der Waals surface area contributed by atoms with E-state index >= 15 is 0 Å². The predicted octanol–water partition coefficient (Wildman–Crippen LogP) is 3.37. The molecular formula is C16H20O. The molecule has 0 radical (unpaired) electrons. The Morgan fingerprint density at radius 3 is 2.88 bits per heavy atom. The molecule has 4 aliphatic rings. The highest BCUT2D eigenvalue weighted by atomic mass is 16.1. The average Bonchev–Trinajstić information content (AvgIpc) is 2.79. The van der Waals surface area contributed by atoms with Gasteiger partial charge in [0.2, 0.25) is 0 Å². The van der Waals surface area contributed by atoms with E-state index in [1.807, 2.05) is 0 Å². The van der Waals surface area contributed by atoms with Crippen LogP contribution in [0.1, 0.15) is 32.6 Å². The second kappa shape index (κ2) is 3.34. The van der Waals surface area contributed by atoms with Gasteiger partial charge < -0.3 is 0 Å². The number of Topliss-reactive ketones (excluding diaryl/α,β-unsaturated/α-hetero) is 1. The molecule has 6 atom stereocenters. The SMILES string of the molecule is CC1=CC[C@H]2[C@H]3C[C@H]3C[C@@H]2C(=O)[C@H]2CC=C[C@H]12. The number of rotatable bonds is 0. The van der Waals surface area contributed by atoms with Crippen molar-refractivity contribution in [3.63, 3.8) is 0 Å². The lowest BCUT2D eigenvalue weighted by Crippen LogP contribution is -2.32. The lowest BCUT2D eigenvalue weighted by molar-refractivity contribution is -0.129. The molecule has 90 valence electrons. The molecule has 0 amide bonds. The van der Waals surface area contributed by atoms with E-state index < -0.39 is 0 Å². The smallest absolute Gasteiger partial charge is 0.140 e. The second-order valence-corrected chi connectivity index (χ2v) is 6.55. The van der Waals surface area contributed by atoms with Crippen LogP contribution in [0.25, 0.3) is 0 Å². The van der Waals surface area contributed by atoms with Crippen molar-refractivity contribution in [1.29, 1.82) is 0 Å². The Hall–Kier alpha value is -0.850. The number of hydrogen-bond acceptors (Lipinski definition) is 1. The average molecular weight is 228 g/mol. The number of allylic oxidation sites excluding steroid dienone is 4. The third-order valence-corrected chi connectivity index (χ3v) is 5.74. The normalized spacial score (nSPS) is 51.1. The molecule has 2 saturated carbocycles. The molecule has 0 unspecified atom stereocenters. The second-order valence-electron chi connectivity index (χ2n) is 6.55. The molecule has 0 spiro atoms. The summed E-state index contributed by atoms with van der Waals surface area (Å²) >= 11 is 0. The first-order valence-electron chi connectivity index (χ1n) is 7.12. The molecule has 4 aliphatic carbocycles. The monoisotopic (exact) mass is 228 g/mol. The summed E-state index contributed by atoms with van der Waals surface area (Å²) in [5, 5.41) is 0. The predicted molar refractivity (Wildman–Crippen MR) is 67.3 cm³/mol. The lowest BCUT2D eigenvalue weighted by atomic mass is 9.73. The standard InChI is InChI=1S/C16H20O/c1-9-5-6-12-14-7-10(14)8-15(12)16(17)13-4-2-3-11(9)13/h2-3,5,10-15H,4,6-8H2,1H3/t10-,11+,12-,13-,14-,15-/m0/s1. The zero-order valence-corrected chi connectivity index (χ0v) is 10.4. The molecular weight excluding hydrogens is 208 g/mol. The third-order valence-electron chi connectivity index (χ3n) is 5.74. The number of ketones is 1. The van der Waals surface area contributed by atoms with Crippen LogP contribution < -0.4 is 0 Å². The van der Waals surface area contributed by atoms with Gasteiger partial charge in [0.1, 0.15) is 5.78 Å². The highest BCUT2D eigenvalue weighted by Gasteiger charge is 2.56. The van der Waals surface area contributed by atoms with Crippen LogP contribution in [-0.4, -0.2) is 5.78 Å². The number of fused-ring (bicyclic) bond motifs is 4. The topological polar surface area (TPSA) is 17.1 Å². The molecule has 1 heteroatoms. The van der Waals surface area contributed by atoms with Gasteiger partial charge in [-0.3, -0.25) is 4.79 Å². The fourth-order valence-corrected chi connectivity index (χ4v) is 4.68. The van der Waals surface area contributed by atoms with Crippen molar-refractivity contribution in [2.24, 2.45) is 35.5 Å². The van der Waals surface area contributed by atoms with E-state index in [9.17, 15) is 4.79 Å². The van der Waals surface area contributed by atoms with Gasteiger partial charge >= 0.3 is 0 Å². The maximum absolute atomic E-state index is 12.7. The summed E-state index contributed by atoms with van der Waals surface area (Å²) in [6.45, 7) is 2.22. The van der Waals surface area contributed by atoms with Gasteiger partial charge in [-0.15, -0.1) is 0 Å². The Morgan fingerprint density at radius 2 is 2.00 bits per heavy atom. The van der Waals surface area contributed by atoms with E-state index in [1.54, 1.807) is 0 Å². The van der Waals surface area contributed by atoms with E-state index in [0.29, 0.717) is 23.5 Å². The minimum absolute atomic E-state index is 0.288. The van der Waals surface area contributed by atoms with Gasteiger partial charge in [0.25, 0.3) is 0 Å². The van der Waals surface area contributed by atoms with Crippen molar-refractivity contribution >= 4 is 5.78 Å². The Labute approximate surface area is 103 Å². The minimum atomic E-state index is 0.288. The van der Waals surface area contributed by atoms with Crippen molar-refractivity contribution in [3.05, 3.63) is 23.8 Å². The van der Waals surface area contributed by atoms with Gasteiger partial charge in [0.15, 0.2) is 0 Å². The summed E-state index contributed by atoms with van der Waals surface area (Å²) in [6.07, 6.45) is 11.7. The van der Waals surface area contributed by atoms with E-state index in [1.165, 1.54) is 24.8 Å². The first-order chi connectivity index (χ1) is 8.25. The van der Waals surface area contributed by atoms with Gasteiger partial charge in [-0.25, -0.2) is 0 Å². The van der Waals surface area contributed by atoms with Crippen LogP contribution in [0, 0.1) is 35.5 Å². The molecule has 4 rings (SSSR count). The lowest BCUT2D eigenvalue weighted by Gasteiger charge is -2.30. The summed E-state index contributed by atoms with van der Waals surface area (Å²) in [5.74, 6) is 4.24. The first-order valence-corrected chi connectivity index (χ1v) is 7.12. The van der Waals surface area contributed by atoms with Crippen LogP contribution in [0.4, 0.5) is 0 Å². The van der Waals surface area contributed by atoms with E-state index in [0.717, 1.165) is 18.3 Å². The van der Waals surface area contributed by atoms with Crippen molar-refractivity contribution in [1.82, 2.24) is 0 Å². The highest BCUT2D eigenvalue weighted by molar-refractivity contribution is 5.86. The van der Waals surface area contributed by atoms with Crippen molar-refractivity contribution in [2.45, 2.75) is 32.6 Å². The molecule has 0 saturated heterocycles. The van der Waals surface area contributed by atoms with Crippen LogP contribution in [0.3, 0.4) is 0 Å². The van der Waals surface area contributed by atoms with Crippen molar-refractivity contribution in [3.8, 4) is 0 Å². The molecule has 0 aromatic rings. The molecule has 0 N–H and O–H groups in total. The summed E-state index contributed by atoms with van der Waals surface area (Å²) in [4.78, 5) is 12.7. The van der Waals surface area contributed by atoms with Crippen molar-refractivity contribution < 1.29 is 4.79 Å². The van der Waals surface area contributed by atoms with Gasteiger partial charge in [-0.2, -0.15) is 0 Å². The van der Waals surface area contributed by atoms with E-state index in [-0.39, 0.29) is 5.92 Å². The minimum Gasteiger partial charge on any atom is -0.299 e. The number of hydrogen-bond donors (Lipinski definition) is 0. The molecule has 0 heterocycles. The third kappa shape index (κ3) is 1.34. The van der Waals surface area contributed by atoms with E-state index in [4.69, 9.17) is 0 Å². The fraction of sp³-hybridized carbons (Fsp3) is 0.688. The van der Waals surface area contributed by atoms with Crippen LogP contribution in [0.5, 0.6) is 0 Å². The maximum atomic E-state index is 12.7. The highest BCUT2D eigenvalue weighted by Crippen LogP contribution is 2.61. The molecule has 0 bridgehead atoms. The van der Waals surface area contributed by atoms with Crippen LogP contribution in [0.2, 0.25) is 0 Å². The fourth-order valence-electron chi connectivity index (χ4n) is 4.68. The Balaban J connectivity index is 1.71. The largest absolute Gasteiger partial charge is 0.299 e. The van der Waals surface area contributed by atoms with Gasteiger partial charge in [-0.1, -0.05) is 23.8 Å². The summed E-state index contributed by atoms with van der Waals surface area (Å²) < 4.78 is 0. The first kappa shape index (κ1) is 10.1. The molecule has 2 fully saturated rings. The number of carbonyl (C=O) groups excluding carboxylic acids is 1.